The first-order chi connectivity index (χ1) is 9.56. The van der Waals surface area contributed by atoms with Crippen LogP contribution < -0.4 is 10.5 Å². The van der Waals surface area contributed by atoms with Gasteiger partial charge in [0.1, 0.15) is 12.4 Å². The third-order valence-corrected chi connectivity index (χ3v) is 2.99. The summed E-state index contributed by atoms with van der Waals surface area (Å²) in [5, 5.41) is 8.82. The molecular formula is C16H17NO3. The van der Waals surface area contributed by atoms with Crippen LogP contribution in [0.25, 0.3) is 0 Å². The minimum atomic E-state index is -0.929. The fourth-order valence-electron chi connectivity index (χ4n) is 1.80. The molecule has 2 rings (SSSR count). The van der Waals surface area contributed by atoms with Gasteiger partial charge in [0.2, 0.25) is 0 Å². The highest BCUT2D eigenvalue weighted by molar-refractivity contribution is 5.87. The minimum absolute atomic E-state index is 0.0339. The van der Waals surface area contributed by atoms with Crippen molar-refractivity contribution in [3.05, 3.63) is 65.2 Å². The van der Waals surface area contributed by atoms with E-state index < -0.39 is 5.97 Å². The van der Waals surface area contributed by atoms with Crippen LogP contribution in [0.1, 0.15) is 34.5 Å². The lowest BCUT2D eigenvalue weighted by Crippen LogP contribution is -2.05. The van der Waals surface area contributed by atoms with E-state index in [-0.39, 0.29) is 11.6 Å². The molecule has 0 amide bonds. The van der Waals surface area contributed by atoms with E-state index in [2.05, 4.69) is 0 Å². The number of rotatable bonds is 5. The molecule has 0 aliphatic rings. The lowest BCUT2D eigenvalue weighted by atomic mass is 10.1. The molecule has 2 aromatic carbocycles. The number of carboxylic acid groups (broad SMARTS) is 1. The van der Waals surface area contributed by atoms with Crippen molar-refractivity contribution >= 4 is 5.97 Å². The molecule has 4 heteroatoms. The van der Waals surface area contributed by atoms with Gasteiger partial charge in [0.05, 0.1) is 5.56 Å². The van der Waals surface area contributed by atoms with Gasteiger partial charge in [-0.1, -0.05) is 24.3 Å². The number of hydrogen-bond acceptors (Lipinski definition) is 3. The molecule has 104 valence electrons. The van der Waals surface area contributed by atoms with E-state index in [9.17, 15) is 4.79 Å². The number of carbonyl (C=O) groups is 1. The van der Waals surface area contributed by atoms with E-state index in [1.54, 1.807) is 24.3 Å². The number of benzene rings is 2. The first-order valence-electron chi connectivity index (χ1n) is 6.37. The van der Waals surface area contributed by atoms with Crippen molar-refractivity contribution in [2.24, 2.45) is 5.73 Å². The fourth-order valence-corrected chi connectivity index (χ4v) is 1.80. The van der Waals surface area contributed by atoms with Crippen LogP contribution in [-0.4, -0.2) is 11.1 Å². The zero-order valence-corrected chi connectivity index (χ0v) is 11.2. The van der Waals surface area contributed by atoms with Gasteiger partial charge in [-0.15, -0.1) is 0 Å². The van der Waals surface area contributed by atoms with Crippen molar-refractivity contribution in [1.29, 1.82) is 0 Å². The standard InChI is InChI=1S/C16H17NO3/c1-11(17)14-3-2-4-15(9-14)20-10-12-5-7-13(8-6-12)16(18)19/h2-9,11H,10,17H2,1H3,(H,18,19). The van der Waals surface area contributed by atoms with E-state index in [4.69, 9.17) is 15.6 Å². The Kier molecular flexibility index (Phi) is 4.38. The number of aromatic carboxylic acids is 1. The highest BCUT2D eigenvalue weighted by Gasteiger charge is 2.04. The van der Waals surface area contributed by atoms with Gasteiger partial charge in [-0.2, -0.15) is 0 Å². The summed E-state index contributed by atoms with van der Waals surface area (Å²) in [7, 11) is 0. The maximum atomic E-state index is 10.7. The highest BCUT2D eigenvalue weighted by atomic mass is 16.5. The second-order valence-electron chi connectivity index (χ2n) is 4.65. The lowest BCUT2D eigenvalue weighted by Gasteiger charge is -2.10. The Hall–Kier alpha value is -2.33. The Bertz CT molecular complexity index is 591. The third kappa shape index (κ3) is 3.59. The van der Waals surface area contributed by atoms with Gasteiger partial charge in [-0.05, 0) is 42.3 Å². The molecule has 0 aromatic heterocycles. The maximum absolute atomic E-state index is 10.7. The number of carboxylic acids is 1. The second kappa shape index (κ2) is 6.21. The molecule has 0 radical (unpaired) electrons. The molecule has 2 aromatic rings. The monoisotopic (exact) mass is 271 g/mol. The summed E-state index contributed by atoms with van der Waals surface area (Å²) >= 11 is 0. The van der Waals surface area contributed by atoms with Crippen molar-refractivity contribution in [3.63, 3.8) is 0 Å². The van der Waals surface area contributed by atoms with Crippen molar-refractivity contribution in [1.82, 2.24) is 0 Å². The predicted molar refractivity (Wildman–Crippen MR) is 76.8 cm³/mol. The summed E-state index contributed by atoms with van der Waals surface area (Å²) in [5.41, 5.74) is 8.03. The largest absolute Gasteiger partial charge is 0.489 e. The van der Waals surface area contributed by atoms with Crippen molar-refractivity contribution in [3.8, 4) is 5.75 Å². The average Bonchev–Trinajstić information content (AvgIpc) is 2.46. The lowest BCUT2D eigenvalue weighted by molar-refractivity contribution is 0.0697. The normalized spacial score (nSPS) is 11.9. The Morgan fingerprint density at radius 3 is 2.55 bits per heavy atom. The topological polar surface area (TPSA) is 72.5 Å². The molecule has 0 spiro atoms. The van der Waals surface area contributed by atoms with Crippen LogP contribution in [0.15, 0.2) is 48.5 Å². The predicted octanol–water partition coefficient (Wildman–Crippen LogP) is 2.98. The van der Waals surface area contributed by atoms with Crippen LogP contribution in [-0.2, 0) is 6.61 Å². The fraction of sp³-hybridized carbons (Fsp3) is 0.188. The minimum Gasteiger partial charge on any atom is -0.489 e. The highest BCUT2D eigenvalue weighted by Crippen LogP contribution is 2.18. The Morgan fingerprint density at radius 1 is 1.25 bits per heavy atom. The van der Waals surface area contributed by atoms with Gasteiger partial charge >= 0.3 is 5.97 Å². The van der Waals surface area contributed by atoms with Gasteiger partial charge < -0.3 is 15.6 Å². The Labute approximate surface area is 117 Å². The van der Waals surface area contributed by atoms with Gasteiger partial charge in [-0.3, -0.25) is 0 Å². The number of nitrogens with two attached hydrogens (primary N) is 1. The van der Waals surface area contributed by atoms with Crippen molar-refractivity contribution < 1.29 is 14.6 Å². The Morgan fingerprint density at radius 2 is 1.95 bits per heavy atom. The van der Waals surface area contributed by atoms with Crippen LogP contribution >= 0.6 is 0 Å². The number of ether oxygens (including phenoxy) is 1. The summed E-state index contributed by atoms with van der Waals surface area (Å²) < 4.78 is 5.68. The molecule has 1 atom stereocenters. The van der Waals surface area contributed by atoms with Crippen LogP contribution in [0.5, 0.6) is 5.75 Å². The molecule has 0 aliphatic heterocycles. The summed E-state index contributed by atoms with van der Waals surface area (Å²) in [5.74, 6) is -0.177. The maximum Gasteiger partial charge on any atom is 0.335 e. The zero-order chi connectivity index (χ0) is 14.5. The Balaban J connectivity index is 2.01. The van der Waals surface area contributed by atoms with Crippen molar-refractivity contribution in [2.45, 2.75) is 19.6 Å². The van der Waals surface area contributed by atoms with Gasteiger partial charge in [0, 0.05) is 6.04 Å². The van der Waals surface area contributed by atoms with Crippen LogP contribution in [0, 0.1) is 0 Å². The molecule has 0 heterocycles. The van der Waals surface area contributed by atoms with Gasteiger partial charge in [-0.25, -0.2) is 4.79 Å². The molecule has 0 saturated carbocycles. The zero-order valence-electron chi connectivity index (χ0n) is 11.2. The summed E-state index contributed by atoms with van der Waals surface area (Å²) in [4.78, 5) is 10.7. The smallest absolute Gasteiger partial charge is 0.335 e. The van der Waals surface area contributed by atoms with Crippen LogP contribution in [0.4, 0.5) is 0 Å². The van der Waals surface area contributed by atoms with Crippen LogP contribution in [0.2, 0.25) is 0 Å². The number of hydrogen-bond donors (Lipinski definition) is 2. The van der Waals surface area contributed by atoms with Crippen molar-refractivity contribution in [2.75, 3.05) is 0 Å². The molecular weight excluding hydrogens is 254 g/mol. The summed E-state index contributed by atoms with van der Waals surface area (Å²) in [6.07, 6.45) is 0. The molecule has 3 N–H and O–H groups in total. The molecule has 1 unspecified atom stereocenters. The first-order valence-corrected chi connectivity index (χ1v) is 6.37. The molecule has 20 heavy (non-hydrogen) atoms. The molecule has 0 bridgehead atoms. The first kappa shape index (κ1) is 14.1. The quantitative estimate of drug-likeness (QED) is 0.876. The second-order valence-corrected chi connectivity index (χ2v) is 4.65. The van der Waals surface area contributed by atoms with E-state index in [1.807, 2.05) is 31.2 Å². The molecule has 0 fully saturated rings. The van der Waals surface area contributed by atoms with Gasteiger partial charge in [0.25, 0.3) is 0 Å². The SMILES string of the molecule is CC(N)c1cccc(OCc2ccc(C(=O)O)cc2)c1. The third-order valence-electron chi connectivity index (χ3n) is 2.99. The van der Waals surface area contributed by atoms with Crippen LogP contribution in [0.3, 0.4) is 0 Å². The van der Waals surface area contributed by atoms with Gasteiger partial charge in [0.15, 0.2) is 0 Å². The molecule has 0 aliphatic carbocycles. The van der Waals surface area contributed by atoms with E-state index in [1.165, 1.54) is 0 Å². The molecule has 0 saturated heterocycles. The van der Waals surface area contributed by atoms with E-state index >= 15 is 0 Å². The summed E-state index contributed by atoms with van der Waals surface area (Å²) in [6.45, 7) is 2.31. The van der Waals surface area contributed by atoms with E-state index in [0.717, 1.165) is 16.9 Å². The summed E-state index contributed by atoms with van der Waals surface area (Å²) in [6, 6.07) is 14.2. The molecule has 4 nitrogen and oxygen atoms in total. The average molecular weight is 271 g/mol. The van der Waals surface area contributed by atoms with E-state index in [0.29, 0.717) is 6.61 Å².